The van der Waals surface area contributed by atoms with Gasteiger partial charge in [0.15, 0.2) is 6.61 Å². The first-order valence-corrected chi connectivity index (χ1v) is 6.99. The molecule has 0 spiro atoms. The third-order valence-corrected chi connectivity index (χ3v) is 3.41. The molecule has 104 valence electrons. The molecule has 4 heteroatoms. The van der Waals surface area contributed by atoms with Gasteiger partial charge in [0.1, 0.15) is 5.75 Å². The molecular weight excluding hydrogens is 240 g/mol. The Morgan fingerprint density at radius 2 is 2.00 bits per heavy atom. The van der Waals surface area contributed by atoms with E-state index in [-0.39, 0.29) is 12.5 Å². The van der Waals surface area contributed by atoms with E-state index in [1.165, 1.54) is 5.56 Å². The van der Waals surface area contributed by atoms with E-state index in [9.17, 15) is 4.79 Å². The molecule has 0 atom stereocenters. The zero-order valence-corrected chi connectivity index (χ0v) is 11.4. The first kappa shape index (κ1) is 13.9. The zero-order valence-electron chi connectivity index (χ0n) is 11.4. The largest absolute Gasteiger partial charge is 0.484 e. The summed E-state index contributed by atoms with van der Waals surface area (Å²) in [5, 5.41) is 6.28. The summed E-state index contributed by atoms with van der Waals surface area (Å²) in [5.74, 6) is 0.712. The van der Waals surface area contributed by atoms with Crippen LogP contribution in [-0.2, 0) is 11.2 Å². The minimum Gasteiger partial charge on any atom is -0.484 e. The Hall–Kier alpha value is -1.55. The van der Waals surface area contributed by atoms with Gasteiger partial charge in [0, 0.05) is 6.04 Å². The number of aryl methyl sites for hydroxylation is 1. The van der Waals surface area contributed by atoms with Gasteiger partial charge in [-0.25, -0.2) is 0 Å². The number of carbonyl (C=O) groups excluding carboxylic acids is 1. The Labute approximate surface area is 114 Å². The van der Waals surface area contributed by atoms with Crippen molar-refractivity contribution >= 4 is 5.91 Å². The van der Waals surface area contributed by atoms with Crippen LogP contribution in [0.1, 0.15) is 25.3 Å². The Bertz CT molecular complexity index is 397. The highest BCUT2D eigenvalue weighted by Gasteiger charge is 2.15. The van der Waals surface area contributed by atoms with Crippen LogP contribution in [0.4, 0.5) is 0 Å². The van der Waals surface area contributed by atoms with Crippen molar-refractivity contribution in [2.24, 2.45) is 0 Å². The van der Waals surface area contributed by atoms with Gasteiger partial charge in [-0.05, 0) is 50.0 Å². The number of amides is 1. The van der Waals surface area contributed by atoms with Crippen molar-refractivity contribution in [3.05, 3.63) is 29.8 Å². The van der Waals surface area contributed by atoms with E-state index in [1.54, 1.807) is 0 Å². The third-order valence-electron chi connectivity index (χ3n) is 3.41. The van der Waals surface area contributed by atoms with Crippen LogP contribution in [-0.4, -0.2) is 31.6 Å². The molecule has 2 rings (SSSR count). The first-order valence-electron chi connectivity index (χ1n) is 6.99. The fourth-order valence-electron chi connectivity index (χ4n) is 2.21. The van der Waals surface area contributed by atoms with Gasteiger partial charge in [0.05, 0.1) is 0 Å². The average molecular weight is 262 g/mol. The van der Waals surface area contributed by atoms with Crippen molar-refractivity contribution in [2.75, 3.05) is 19.7 Å². The Kier molecular flexibility index (Phi) is 5.21. The summed E-state index contributed by atoms with van der Waals surface area (Å²) in [6, 6.07) is 8.17. The van der Waals surface area contributed by atoms with Crippen molar-refractivity contribution in [3.8, 4) is 5.75 Å². The number of carbonyl (C=O) groups is 1. The topological polar surface area (TPSA) is 50.4 Å². The van der Waals surface area contributed by atoms with Crippen LogP contribution in [0.5, 0.6) is 5.75 Å². The maximum absolute atomic E-state index is 11.8. The van der Waals surface area contributed by atoms with Gasteiger partial charge in [-0.15, -0.1) is 0 Å². The van der Waals surface area contributed by atoms with Crippen LogP contribution in [0.15, 0.2) is 24.3 Å². The summed E-state index contributed by atoms with van der Waals surface area (Å²) in [6.07, 6.45) is 3.00. The second-order valence-electron chi connectivity index (χ2n) is 4.88. The van der Waals surface area contributed by atoms with Crippen LogP contribution in [0, 0.1) is 0 Å². The zero-order chi connectivity index (χ0) is 13.5. The van der Waals surface area contributed by atoms with Gasteiger partial charge in [0.2, 0.25) is 0 Å². The molecule has 1 aromatic carbocycles. The van der Waals surface area contributed by atoms with Crippen LogP contribution in [0.25, 0.3) is 0 Å². The van der Waals surface area contributed by atoms with Gasteiger partial charge in [-0.1, -0.05) is 19.1 Å². The summed E-state index contributed by atoms with van der Waals surface area (Å²) < 4.78 is 5.48. The molecule has 0 aromatic heterocycles. The molecule has 1 amide bonds. The lowest BCUT2D eigenvalue weighted by Crippen LogP contribution is -2.44. The monoisotopic (exact) mass is 262 g/mol. The van der Waals surface area contributed by atoms with Crippen molar-refractivity contribution in [3.63, 3.8) is 0 Å². The van der Waals surface area contributed by atoms with E-state index in [1.807, 2.05) is 24.3 Å². The Morgan fingerprint density at radius 1 is 1.32 bits per heavy atom. The van der Waals surface area contributed by atoms with Gasteiger partial charge in [-0.2, -0.15) is 0 Å². The normalized spacial score (nSPS) is 16.1. The molecule has 0 unspecified atom stereocenters. The van der Waals surface area contributed by atoms with Gasteiger partial charge >= 0.3 is 0 Å². The molecule has 0 radical (unpaired) electrons. The molecule has 1 fully saturated rings. The molecule has 19 heavy (non-hydrogen) atoms. The molecule has 1 saturated heterocycles. The average Bonchev–Trinajstić information content (AvgIpc) is 2.47. The highest BCUT2D eigenvalue weighted by atomic mass is 16.5. The van der Waals surface area contributed by atoms with Crippen molar-refractivity contribution in [2.45, 2.75) is 32.2 Å². The van der Waals surface area contributed by atoms with E-state index in [0.717, 1.165) is 38.1 Å². The lowest BCUT2D eigenvalue weighted by molar-refractivity contribution is -0.123. The molecule has 1 aliphatic rings. The van der Waals surface area contributed by atoms with Crippen molar-refractivity contribution in [1.82, 2.24) is 10.6 Å². The third kappa shape index (κ3) is 4.56. The lowest BCUT2D eigenvalue weighted by Gasteiger charge is -2.23. The molecule has 0 aliphatic carbocycles. The minimum atomic E-state index is -0.0357. The van der Waals surface area contributed by atoms with Crippen molar-refractivity contribution < 1.29 is 9.53 Å². The highest BCUT2D eigenvalue weighted by molar-refractivity contribution is 5.77. The SMILES string of the molecule is CCc1ccc(OCC(=O)NC2CCNCC2)cc1. The molecule has 1 aromatic rings. The number of ether oxygens (including phenoxy) is 1. The Balaban J connectivity index is 1.72. The number of piperidine rings is 1. The fourth-order valence-corrected chi connectivity index (χ4v) is 2.21. The quantitative estimate of drug-likeness (QED) is 0.845. The summed E-state index contributed by atoms with van der Waals surface area (Å²) in [4.78, 5) is 11.8. The predicted octanol–water partition coefficient (Wildman–Crippen LogP) is 1.50. The van der Waals surface area contributed by atoms with Crippen LogP contribution in [0.3, 0.4) is 0 Å². The smallest absolute Gasteiger partial charge is 0.258 e. The van der Waals surface area contributed by atoms with Crippen LogP contribution in [0.2, 0.25) is 0 Å². The standard InChI is InChI=1S/C15H22N2O2/c1-2-12-3-5-14(6-4-12)19-11-15(18)17-13-7-9-16-10-8-13/h3-6,13,16H,2,7-11H2,1H3,(H,17,18). The van der Waals surface area contributed by atoms with E-state index in [4.69, 9.17) is 4.74 Å². The highest BCUT2D eigenvalue weighted by Crippen LogP contribution is 2.12. The van der Waals surface area contributed by atoms with Crippen molar-refractivity contribution in [1.29, 1.82) is 0 Å². The van der Waals surface area contributed by atoms with Crippen LogP contribution >= 0.6 is 0 Å². The second kappa shape index (κ2) is 7.14. The molecule has 2 N–H and O–H groups in total. The summed E-state index contributed by atoms with van der Waals surface area (Å²) in [6.45, 7) is 4.16. The molecular formula is C15H22N2O2. The van der Waals surface area contributed by atoms with E-state index in [2.05, 4.69) is 17.6 Å². The van der Waals surface area contributed by atoms with E-state index >= 15 is 0 Å². The van der Waals surface area contributed by atoms with Gasteiger partial charge < -0.3 is 15.4 Å². The second-order valence-corrected chi connectivity index (χ2v) is 4.88. The van der Waals surface area contributed by atoms with Crippen LogP contribution < -0.4 is 15.4 Å². The summed E-state index contributed by atoms with van der Waals surface area (Å²) >= 11 is 0. The molecule has 0 bridgehead atoms. The number of benzene rings is 1. The van der Waals surface area contributed by atoms with E-state index < -0.39 is 0 Å². The van der Waals surface area contributed by atoms with Gasteiger partial charge in [0.25, 0.3) is 5.91 Å². The molecule has 0 saturated carbocycles. The van der Waals surface area contributed by atoms with Gasteiger partial charge in [-0.3, -0.25) is 4.79 Å². The van der Waals surface area contributed by atoms with E-state index in [0.29, 0.717) is 6.04 Å². The predicted molar refractivity (Wildman–Crippen MR) is 75.3 cm³/mol. The Morgan fingerprint density at radius 3 is 2.63 bits per heavy atom. The minimum absolute atomic E-state index is 0.0357. The number of rotatable bonds is 5. The maximum Gasteiger partial charge on any atom is 0.258 e. The number of hydrogen-bond donors (Lipinski definition) is 2. The number of hydrogen-bond acceptors (Lipinski definition) is 3. The molecule has 4 nitrogen and oxygen atoms in total. The molecule has 1 aliphatic heterocycles. The lowest BCUT2D eigenvalue weighted by atomic mass is 10.1. The first-order chi connectivity index (χ1) is 9.28. The maximum atomic E-state index is 11.8. The fraction of sp³-hybridized carbons (Fsp3) is 0.533. The molecule has 1 heterocycles. The summed E-state index contributed by atoms with van der Waals surface area (Å²) in [7, 11) is 0. The number of nitrogens with one attached hydrogen (secondary N) is 2. The summed E-state index contributed by atoms with van der Waals surface area (Å²) in [5.41, 5.74) is 1.27.